The molecule has 0 fully saturated rings. The fourth-order valence-electron chi connectivity index (χ4n) is 2.38. The number of rotatable bonds is 6. The molecule has 0 saturated carbocycles. The Morgan fingerprint density at radius 1 is 1.00 bits per heavy atom. The van der Waals surface area contributed by atoms with Gasteiger partial charge in [-0.15, -0.1) is 0 Å². The summed E-state index contributed by atoms with van der Waals surface area (Å²) in [5.74, 6) is 0.496. The van der Waals surface area contributed by atoms with Crippen molar-refractivity contribution in [3.05, 3.63) is 72.4 Å². The molecule has 116 valence electrons. The van der Waals surface area contributed by atoms with Gasteiger partial charge in [0.05, 0.1) is 0 Å². The molecule has 0 aliphatic carbocycles. The van der Waals surface area contributed by atoms with Crippen LogP contribution in [0.4, 0.5) is 0 Å². The van der Waals surface area contributed by atoms with E-state index < -0.39 is 0 Å². The number of nitrogens with one attached hydrogen (secondary N) is 1. The number of carbonyl (C=O) groups excluding carboxylic acids is 1. The summed E-state index contributed by atoms with van der Waals surface area (Å²) in [6.45, 7) is 0.588. The SMILES string of the molecule is O=C(COc1cccc2cccnc12)NCCc1ccccc1. The second kappa shape index (κ2) is 7.40. The van der Waals surface area contributed by atoms with Gasteiger partial charge in [0.2, 0.25) is 0 Å². The smallest absolute Gasteiger partial charge is 0.257 e. The number of hydrogen-bond donors (Lipinski definition) is 1. The van der Waals surface area contributed by atoms with E-state index in [0.29, 0.717) is 12.3 Å². The molecular weight excluding hydrogens is 288 g/mol. The summed E-state index contributed by atoms with van der Waals surface area (Å²) in [6, 6.07) is 19.6. The number of hydrogen-bond acceptors (Lipinski definition) is 3. The van der Waals surface area contributed by atoms with E-state index in [9.17, 15) is 4.79 Å². The molecule has 0 aliphatic rings. The first kappa shape index (κ1) is 15.0. The maximum Gasteiger partial charge on any atom is 0.257 e. The third-order valence-corrected chi connectivity index (χ3v) is 3.53. The average molecular weight is 306 g/mol. The Hall–Kier alpha value is -2.88. The molecule has 3 rings (SSSR count). The molecule has 0 radical (unpaired) electrons. The minimum atomic E-state index is -0.131. The molecule has 0 aliphatic heterocycles. The zero-order valence-corrected chi connectivity index (χ0v) is 12.7. The van der Waals surface area contributed by atoms with Crippen LogP contribution in [0.3, 0.4) is 0 Å². The Kier molecular flexibility index (Phi) is 4.84. The Labute approximate surface area is 135 Å². The van der Waals surface area contributed by atoms with E-state index in [0.717, 1.165) is 17.3 Å². The first-order valence-electron chi connectivity index (χ1n) is 7.60. The number of para-hydroxylation sites is 1. The number of amides is 1. The van der Waals surface area contributed by atoms with E-state index in [1.165, 1.54) is 5.56 Å². The van der Waals surface area contributed by atoms with E-state index >= 15 is 0 Å². The number of benzene rings is 2. The number of pyridine rings is 1. The van der Waals surface area contributed by atoms with Crippen LogP contribution < -0.4 is 10.1 Å². The van der Waals surface area contributed by atoms with Crippen LogP contribution in [-0.4, -0.2) is 24.0 Å². The molecule has 1 amide bonds. The molecule has 4 nitrogen and oxygen atoms in total. The summed E-state index contributed by atoms with van der Waals surface area (Å²) in [5.41, 5.74) is 1.97. The van der Waals surface area contributed by atoms with Crippen molar-refractivity contribution in [3.8, 4) is 5.75 Å². The lowest BCUT2D eigenvalue weighted by Gasteiger charge is -2.09. The third kappa shape index (κ3) is 4.07. The number of aromatic nitrogens is 1. The molecule has 0 unspecified atom stereocenters. The molecule has 1 aromatic heterocycles. The van der Waals surface area contributed by atoms with Crippen molar-refractivity contribution in [2.75, 3.05) is 13.2 Å². The molecule has 3 aromatic rings. The van der Waals surface area contributed by atoms with Gasteiger partial charge in [0, 0.05) is 18.1 Å². The molecule has 23 heavy (non-hydrogen) atoms. The highest BCUT2D eigenvalue weighted by Crippen LogP contribution is 2.22. The lowest BCUT2D eigenvalue weighted by Crippen LogP contribution is -2.30. The molecule has 0 spiro atoms. The second-order valence-electron chi connectivity index (χ2n) is 5.21. The van der Waals surface area contributed by atoms with Crippen molar-refractivity contribution in [3.63, 3.8) is 0 Å². The van der Waals surface area contributed by atoms with Crippen LogP contribution in [0.1, 0.15) is 5.56 Å². The highest BCUT2D eigenvalue weighted by Gasteiger charge is 2.06. The van der Waals surface area contributed by atoms with Crippen LogP contribution in [0, 0.1) is 0 Å². The number of fused-ring (bicyclic) bond motifs is 1. The molecule has 1 N–H and O–H groups in total. The summed E-state index contributed by atoms with van der Waals surface area (Å²) in [5, 5.41) is 3.86. The normalized spacial score (nSPS) is 10.4. The standard InChI is InChI=1S/C19H18N2O2/c22-18(20-13-11-15-6-2-1-3-7-15)14-23-17-10-4-8-16-9-5-12-21-19(16)17/h1-10,12H,11,13-14H2,(H,20,22). The van der Waals surface area contributed by atoms with E-state index in [-0.39, 0.29) is 12.5 Å². The first-order valence-corrected chi connectivity index (χ1v) is 7.60. The van der Waals surface area contributed by atoms with Gasteiger partial charge in [-0.1, -0.05) is 48.5 Å². The molecule has 4 heteroatoms. The van der Waals surface area contributed by atoms with Crippen molar-refractivity contribution in [2.45, 2.75) is 6.42 Å². The van der Waals surface area contributed by atoms with Crippen LogP contribution in [0.25, 0.3) is 10.9 Å². The Morgan fingerprint density at radius 2 is 1.83 bits per heavy atom. The maximum atomic E-state index is 11.9. The lowest BCUT2D eigenvalue weighted by molar-refractivity contribution is -0.123. The van der Waals surface area contributed by atoms with Crippen LogP contribution in [0.2, 0.25) is 0 Å². The Morgan fingerprint density at radius 3 is 2.70 bits per heavy atom. The highest BCUT2D eigenvalue weighted by atomic mass is 16.5. The summed E-state index contributed by atoms with van der Waals surface area (Å²) in [7, 11) is 0. The van der Waals surface area contributed by atoms with Crippen LogP contribution in [-0.2, 0) is 11.2 Å². The first-order chi connectivity index (χ1) is 11.3. The van der Waals surface area contributed by atoms with Crippen molar-refractivity contribution in [1.29, 1.82) is 0 Å². The predicted octanol–water partition coefficient (Wildman–Crippen LogP) is 2.97. The largest absolute Gasteiger partial charge is 0.481 e. The second-order valence-corrected chi connectivity index (χ2v) is 5.21. The topological polar surface area (TPSA) is 51.2 Å². The number of nitrogens with zero attached hydrogens (tertiary/aromatic N) is 1. The molecule has 0 saturated heterocycles. The van der Waals surface area contributed by atoms with Crippen LogP contribution >= 0.6 is 0 Å². The van der Waals surface area contributed by atoms with E-state index in [2.05, 4.69) is 10.3 Å². The summed E-state index contributed by atoms with van der Waals surface area (Å²) >= 11 is 0. The quantitative estimate of drug-likeness (QED) is 0.762. The third-order valence-electron chi connectivity index (χ3n) is 3.53. The van der Waals surface area contributed by atoms with Gasteiger partial charge in [-0.05, 0) is 24.1 Å². The number of ether oxygens (including phenoxy) is 1. The van der Waals surface area contributed by atoms with Gasteiger partial charge < -0.3 is 10.1 Å². The van der Waals surface area contributed by atoms with Gasteiger partial charge in [-0.3, -0.25) is 9.78 Å². The summed E-state index contributed by atoms with van der Waals surface area (Å²) in [6.07, 6.45) is 2.53. The van der Waals surface area contributed by atoms with E-state index in [4.69, 9.17) is 4.74 Å². The molecule has 0 atom stereocenters. The van der Waals surface area contributed by atoms with Gasteiger partial charge in [-0.2, -0.15) is 0 Å². The maximum absolute atomic E-state index is 11.9. The zero-order chi connectivity index (χ0) is 15.9. The van der Waals surface area contributed by atoms with Crippen LogP contribution in [0.5, 0.6) is 5.75 Å². The van der Waals surface area contributed by atoms with Crippen molar-refractivity contribution < 1.29 is 9.53 Å². The monoisotopic (exact) mass is 306 g/mol. The number of carbonyl (C=O) groups is 1. The minimum Gasteiger partial charge on any atom is -0.481 e. The van der Waals surface area contributed by atoms with Crippen LogP contribution in [0.15, 0.2) is 66.9 Å². The van der Waals surface area contributed by atoms with Gasteiger partial charge >= 0.3 is 0 Å². The molecule has 1 heterocycles. The Bertz CT molecular complexity index is 782. The van der Waals surface area contributed by atoms with E-state index in [1.807, 2.05) is 60.7 Å². The van der Waals surface area contributed by atoms with Gasteiger partial charge in [0.1, 0.15) is 11.3 Å². The minimum absolute atomic E-state index is 0.00945. The van der Waals surface area contributed by atoms with Crippen molar-refractivity contribution >= 4 is 16.8 Å². The fraction of sp³-hybridized carbons (Fsp3) is 0.158. The average Bonchev–Trinajstić information content (AvgIpc) is 2.61. The summed E-state index contributed by atoms with van der Waals surface area (Å²) in [4.78, 5) is 16.2. The molecule has 2 aromatic carbocycles. The Balaban J connectivity index is 1.50. The van der Waals surface area contributed by atoms with Gasteiger partial charge in [0.15, 0.2) is 6.61 Å². The molecular formula is C19H18N2O2. The van der Waals surface area contributed by atoms with Crippen molar-refractivity contribution in [1.82, 2.24) is 10.3 Å². The lowest BCUT2D eigenvalue weighted by atomic mass is 10.1. The fourth-order valence-corrected chi connectivity index (χ4v) is 2.38. The highest BCUT2D eigenvalue weighted by molar-refractivity contribution is 5.85. The zero-order valence-electron chi connectivity index (χ0n) is 12.7. The van der Waals surface area contributed by atoms with Gasteiger partial charge in [-0.25, -0.2) is 0 Å². The van der Waals surface area contributed by atoms with Crippen molar-refractivity contribution in [2.24, 2.45) is 0 Å². The summed E-state index contributed by atoms with van der Waals surface area (Å²) < 4.78 is 5.61. The van der Waals surface area contributed by atoms with E-state index in [1.54, 1.807) is 6.20 Å². The van der Waals surface area contributed by atoms with Gasteiger partial charge in [0.25, 0.3) is 5.91 Å². The predicted molar refractivity (Wildman–Crippen MR) is 90.4 cm³/mol. The molecule has 0 bridgehead atoms.